The molecule has 0 N–H and O–H groups in total. The Bertz CT molecular complexity index is 510. The van der Waals surface area contributed by atoms with Crippen LogP contribution in [0, 0.1) is 0 Å². The number of carbonyl (C=O) groups excluding carboxylic acids is 1. The molecular formula is C16H23N3OS. The van der Waals surface area contributed by atoms with Gasteiger partial charge in [0.25, 0.3) is 0 Å². The van der Waals surface area contributed by atoms with E-state index in [1.54, 1.807) is 0 Å². The van der Waals surface area contributed by atoms with Gasteiger partial charge in [0.1, 0.15) is 0 Å². The van der Waals surface area contributed by atoms with Crippen LogP contribution < -0.4 is 4.90 Å². The van der Waals surface area contributed by atoms with E-state index >= 15 is 0 Å². The standard InChI is InChI=1S/C16H23N3OS/c20-15-6-3-9-19(15)12-7-10-18(11-8-12)16-17-13-4-1-2-5-14(13)21-16/h12H,1-11H2. The summed E-state index contributed by atoms with van der Waals surface area (Å²) in [5.41, 5.74) is 1.36. The predicted molar refractivity (Wildman–Crippen MR) is 84.9 cm³/mol. The molecule has 21 heavy (non-hydrogen) atoms. The lowest BCUT2D eigenvalue weighted by Gasteiger charge is -2.36. The highest BCUT2D eigenvalue weighted by Gasteiger charge is 2.31. The number of carbonyl (C=O) groups is 1. The summed E-state index contributed by atoms with van der Waals surface area (Å²) in [5.74, 6) is 0.373. The largest absolute Gasteiger partial charge is 0.348 e. The van der Waals surface area contributed by atoms with Crippen molar-refractivity contribution in [3.8, 4) is 0 Å². The van der Waals surface area contributed by atoms with Crippen molar-refractivity contribution in [1.29, 1.82) is 0 Å². The number of likely N-dealkylation sites (tertiary alicyclic amines) is 1. The summed E-state index contributed by atoms with van der Waals surface area (Å²) in [4.78, 5) is 22.8. The van der Waals surface area contributed by atoms with Gasteiger partial charge in [-0.25, -0.2) is 4.98 Å². The van der Waals surface area contributed by atoms with Crippen molar-refractivity contribution in [2.45, 2.75) is 57.4 Å². The number of rotatable bonds is 2. The van der Waals surface area contributed by atoms with E-state index in [0.717, 1.165) is 45.3 Å². The SMILES string of the molecule is O=C1CCCN1C1CCN(c2nc3c(s2)CCCC3)CC1. The van der Waals surface area contributed by atoms with Crippen LogP contribution in [0.1, 0.15) is 49.1 Å². The maximum absolute atomic E-state index is 11.9. The van der Waals surface area contributed by atoms with Gasteiger partial charge in [0, 0.05) is 37.0 Å². The minimum absolute atomic E-state index is 0.373. The molecule has 2 aliphatic heterocycles. The van der Waals surface area contributed by atoms with Crippen LogP contribution in [-0.4, -0.2) is 41.5 Å². The lowest BCUT2D eigenvalue weighted by atomic mass is 10.0. The Kier molecular flexibility index (Phi) is 3.61. The Morgan fingerprint density at radius 2 is 1.81 bits per heavy atom. The molecule has 0 unspecified atom stereocenters. The van der Waals surface area contributed by atoms with Crippen LogP contribution in [0.15, 0.2) is 0 Å². The molecular weight excluding hydrogens is 282 g/mol. The van der Waals surface area contributed by atoms with Crippen LogP contribution >= 0.6 is 11.3 Å². The predicted octanol–water partition coefficient (Wildman–Crippen LogP) is 2.61. The molecule has 0 atom stereocenters. The second-order valence-corrected chi connectivity index (χ2v) is 7.54. The second kappa shape index (κ2) is 5.59. The smallest absolute Gasteiger partial charge is 0.222 e. The van der Waals surface area contributed by atoms with E-state index in [2.05, 4.69) is 9.80 Å². The Morgan fingerprint density at radius 3 is 2.52 bits per heavy atom. The molecule has 1 aromatic heterocycles. The topological polar surface area (TPSA) is 36.4 Å². The molecule has 5 heteroatoms. The molecule has 0 spiro atoms. The molecule has 114 valence electrons. The van der Waals surface area contributed by atoms with Crippen LogP contribution in [0.5, 0.6) is 0 Å². The molecule has 0 radical (unpaired) electrons. The average Bonchev–Trinajstić information content (AvgIpc) is 3.13. The van der Waals surface area contributed by atoms with Crippen molar-refractivity contribution in [3.05, 3.63) is 10.6 Å². The van der Waals surface area contributed by atoms with E-state index in [4.69, 9.17) is 4.98 Å². The molecule has 0 aromatic carbocycles. The third-order valence-electron chi connectivity index (χ3n) is 5.12. The van der Waals surface area contributed by atoms with E-state index < -0.39 is 0 Å². The Morgan fingerprint density at radius 1 is 1.00 bits per heavy atom. The molecule has 1 aromatic rings. The number of hydrogen-bond acceptors (Lipinski definition) is 4. The quantitative estimate of drug-likeness (QED) is 0.843. The monoisotopic (exact) mass is 305 g/mol. The summed E-state index contributed by atoms with van der Waals surface area (Å²) < 4.78 is 0. The lowest BCUT2D eigenvalue weighted by Crippen LogP contribution is -2.45. The van der Waals surface area contributed by atoms with Crippen molar-refractivity contribution < 1.29 is 4.79 Å². The van der Waals surface area contributed by atoms with Crippen LogP contribution in [0.2, 0.25) is 0 Å². The Hall–Kier alpha value is -1.10. The fourth-order valence-electron chi connectivity index (χ4n) is 3.90. The third-order valence-corrected chi connectivity index (χ3v) is 6.34. The molecule has 0 saturated carbocycles. The first-order chi connectivity index (χ1) is 10.3. The maximum Gasteiger partial charge on any atom is 0.222 e. The molecule has 1 aliphatic carbocycles. The summed E-state index contributed by atoms with van der Waals surface area (Å²) in [5, 5.41) is 1.23. The second-order valence-electron chi connectivity index (χ2n) is 6.48. The van der Waals surface area contributed by atoms with Gasteiger partial charge in [-0.05, 0) is 44.9 Å². The highest BCUT2D eigenvalue weighted by Crippen LogP contribution is 2.33. The minimum Gasteiger partial charge on any atom is -0.348 e. The van der Waals surface area contributed by atoms with Crippen molar-refractivity contribution in [2.24, 2.45) is 0 Å². The van der Waals surface area contributed by atoms with Gasteiger partial charge in [0.05, 0.1) is 5.69 Å². The van der Waals surface area contributed by atoms with Gasteiger partial charge in [-0.1, -0.05) is 0 Å². The molecule has 4 rings (SSSR count). The van der Waals surface area contributed by atoms with Gasteiger partial charge in [-0.15, -0.1) is 11.3 Å². The zero-order valence-corrected chi connectivity index (χ0v) is 13.3. The average molecular weight is 305 g/mol. The summed E-state index contributed by atoms with van der Waals surface area (Å²) in [6.07, 6.45) is 9.06. The van der Waals surface area contributed by atoms with Crippen molar-refractivity contribution in [3.63, 3.8) is 0 Å². The van der Waals surface area contributed by atoms with Crippen molar-refractivity contribution in [2.75, 3.05) is 24.5 Å². The van der Waals surface area contributed by atoms with Gasteiger partial charge < -0.3 is 9.80 Å². The van der Waals surface area contributed by atoms with Gasteiger partial charge in [0.2, 0.25) is 5.91 Å². The number of amides is 1. The zero-order chi connectivity index (χ0) is 14.2. The molecule has 2 fully saturated rings. The molecule has 3 aliphatic rings. The molecule has 3 heterocycles. The molecule has 1 amide bonds. The highest BCUT2D eigenvalue weighted by atomic mass is 32.1. The van der Waals surface area contributed by atoms with E-state index in [0.29, 0.717) is 11.9 Å². The minimum atomic E-state index is 0.373. The van der Waals surface area contributed by atoms with Crippen molar-refractivity contribution >= 4 is 22.4 Å². The number of hydrogen-bond donors (Lipinski definition) is 0. The number of anilines is 1. The molecule has 2 saturated heterocycles. The fourth-order valence-corrected chi connectivity index (χ4v) is 5.10. The maximum atomic E-state index is 11.9. The van der Waals surface area contributed by atoms with E-state index in [1.165, 1.54) is 41.4 Å². The fraction of sp³-hybridized carbons (Fsp3) is 0.750. The van der Waals surface area contributed by atoms with Crippen LogP contribution in [-0.2, 0) is 17.6 Å². The zero-order valence-electron chi connectivity index (χ0n) is 12.5. The first-order valence-electron chi connectivity index (χ1n) is 8.34. The van der Waals surface area contributed by atoms with Gasteiger partial charge >= 0.3 is 0 Å². The number of fused-ring (bicyclic) bond motifs is 1. The highest BCUT2D eigenvalue weighted by molar-refractivity contribution is 7.15. The summed E-state index contributed by atoms with van der Waals surface area (Å²) in [6.45, 7) is 3.09. The van der Waals surface area contributed by atoms with Gasteiger partial charge in [0.15, 0.2) is 5.13 Å². The normalized spacial score (nSPS) is 23.7. The van der Waals surface area contributed by atoms with Crippen molar-refractivity contribution in [1.82, 2.24) is 9.88 Å². The van der Waals surface area contributed by atoms with Crippen LogP contribution in [0.4, 0.5) is 5.13 Å². The van der Waals surface area contributed by atoms with Gasteiger partial charge in [-0.3, -0.25) is 4.79 Å². The number of nitrogens with zero attached hydrogens (tertiary/aromatic N) is 3. The summed E-state index contributed by atoms with van der Waals surface area (Å²) >= 11 is 1.91. The molecule has 4 nitrogen and oxygen atoms in total. The van der Waals surface area contributed by atoms with Crippen LogP contribution in [0.25, 0.3) is 0 Å². The van der Waals surface area contributed by atoms with E-state index in [9.17, 15) is 4.79 Å². The summed E-state index contributed by atoms with van der Waals surface area (Å²) in [6, 6.07) is 0.478. The van der Waals surface area contributed by atoms with E-state index in [-0.39, 0.29) is 0 Å². The number of thiazole rings is 1. The number of aryl methyl sites for hydroxylation is 2. The Balaban J connectivity index is 1.40. The molecule has 0 bridgehead atoms. The van der Waals surface area contributed by atoms with Gasteiger partial charge in [-0.2, -0.15) is 0 Å². The first kappa shape index (κ1) is 13.6. The number of piperidine rings is 1. The number of aromatic nitrogens is 1. The summed E-state index contributed by atoms with van der Waals surface area (Å²) in [7, 11) is 0. The Labute approximate surface area is 130 Å². The lowest BCUT2D eigenvalue weighted by molar-refractivity contribution is -0.130. The van der Waals surface area contributed by atoms with E-state index in [1.807, 2.05) is 11.3 Å². The first-order valence-corrected chi connectivity index (χ1v) is 9.16. The third kappa shape index (κ3) is 2.56. The van der Waals surface area contributed by atoms with Crippen LogP contribution in [0.3, 0.4) is 0 Å².